The van der Waals surface area contributed by atoms with Crippen molar-refractivity contribution in [2.75, 3.05) is 0 Å². The maximum Gasteiger partial charge on any atom is -0.0351 e. The molecule has 0 unspecified atom stereocenters. The fourth-order valence-electron chi connectivity index (χ4n) is 4.46. The van der Waals surface area contributed by atoms with Crippen LogP contribution < -0.4 is 0 Å². The Bertz CT molecular complexity index is 316. The van der Waals surface area contributed by atoms with Crippen molar-refractivity contribution in [3.63, 3.8) is 0 Å². The van der Waals surface area contributed by atoms with Gasteiger partial charge in [-0.05, 0) is 32.1 Å². The number of unbranched alkanes of at least 4 members (excludes halogenated alkanes) is 25. The second kappa shape index (κ2) is 29.7. The van der Waals surface area contributed by atoms with Crippen LogP contribution in [-0.4, -0.2) is 0 Å². The molecule has 0 atom stereocenters. The van der Waals surface area contributed by atoms with Crippen LogP contribution in [0.5, 0.6) is 0 Å². The topological polar surface area (TPSA) is 0 Å². The predicted molar refractivity (Wildman–Crippen MR) is 145 cm³/mol. The first-order chi connectivity index (χ1) is 15.4. The number of allylic oxidation sites excluding steroid dienone is 2. The van der Waals surface area contributed by atoms with Gasteiger partial charge in [0.05, 0.1) is 0 Å². The Morgan fingerprint density at radius 2 is 0.548 bits per heavy atom. The summed E-state index contributed by atoms with van der Waals surface area (Å²) >= 11 is 0. The van der Waals surface area contributed by atoms with E-state index in [0.717, 1.165) is 0 Å². The zero-order valence-electron chi connectivity index (χ0n) is 22.1. The first-order valence-corrected chi connectivity index (χ1v) is 14.9. The molecule has 1 radical (unpaired) electrons. The second-order valence-corrected chi connectivity index (χ2v) is 9.99. The van der Waals surface area contributed by atoms with E-state index in [-0.39, 0.29) is 0 Å². The van der Waals surface area contributed by atoms with E-state index in [0.29, 0.717) is 0 Å². The summed E-state index contributed by atoms with van der Waals surface area (Å²) in [6.45, 7) is 4.59. The predicted octanol–water partition coefficient (Wildman–Crippen LogP) is 11.9. The van der Waals surface area contributed by atoms with Crippen LogP contribution in [-0.2, 0) is 0 Å². The zero-order valence-corrected chi connectivity index (χ0v) is 22.1. The number of hydrogen-bond donors (Lipinski definition) is 0. The molecule has 0 aliphatic carbocycles. The SMILES string of the molecule is CCCCCCCC/C=C\CCCCCCCC[CH]CCCCCCCCCCCC. The first-order valence-electron chi connectivity index (χ1n) is 14.9. The molecule has 0 aromatic rings. The van der Waals surface area contributed by atoms with Crippen LogP contribution in [0.25, 0.3) is 0 Å². The Labute approximate surface area is 199 Å². The molecular formula is C31H61. The molecule has 0 rings (SSSR count). The third kappa shape index (κ3) is 29.7. The Morgan fingerprint density at radius 3 is 0.871 bits per heavy atom. The number of rotatable bonds is 27. The molecular weight excluding hydrogens is 372 g/mol. The van der Waals surface area contributed by atoms with Crippen LogP contribution in [0.2, 0.25) is 0 Å². The summed E-state index contributed by atoms with van der Waals surface area (Å²) in [4.78, 5) is 0. The van der Waals surface area contributed by atoms with Crippen LogP contribution in [0.3, 0.4) is 0 Å². The standard InChI is InChI=1S/C31H61/c1-3-5-7-9-11-13-15-17-19-21-23-25-27-29-31-30-28-26-24-22-20-18-16-14-12-10-8-6-4-2/h17,19,26H,3-16,18,20-25,27-31H2,1-2H3/b19-17-. The highest BCUT2D eigenvalue weighted by atomic mass is 14.0. The molecule has 0 N–H and O–H groups in total. The summed E-state index contributed by atoms with van der Waals surface area (Å²) in [5.41, 5.74) is 0. The monoisotopic (exact) mass is 433 g/mol. The Kier molecular flexibility index (Phi) is 29.5. The molecule has 0 amide bonds. The third-order valence-electron chi connectivity index (χ3n) is 6.68. The van der Waals surface area contributed by atoms with Crippen LogP contribution in [0.1, 0.15) is 181 Å². The third-order valence-corrected chi connectivity index (χ3v) is 6.68. The van der Waals surface area contributed by atoms with Crippen molar-refractivity contribution in [2.24, 2.45) is 0 Å². The molecule has 0 bridgehead atoms. The van der Waals surface area contributed by atoms with E-state index >= 15 is 0 Å². The Hall–Kier alpha value is -0.260. The van der Waals surface area contributed by atoms with Crippen LogP contribution in [0, 0.1) is 6.42 Å². The van der Waals surface area contributed by atoms with E-state index in [4.69, 9.17) is 0 Å². The maximum atomic E-state index is 2.57. The fourth-order valence-corrected chi connectivity index (χ4v) is 4.46. The molecule has 0 fully saturated rings. The van der Waals surface area contributed by atoms with E-state index < -0.39 is 0 Å². The largest absolute Gasteiger partial charge is 0.0885 e. The molecule has 31 heavy (non-hydrogen) atoms. The lowest BCUT2D eigenvalue weighted by molar-refractivity contribution is 0.551. The summed E-state index contributed by atoms with van der Waals surface area (Å²) in [5, 5.41) is 0. The summed E-state index contributed by atoms with van der Waals surface area (Å²) in [6.07, 6.45) is 44.4. The van der Waals surface area contributed by atoms with E-state index in [9.17, 15) is 0 Å². The minimum atomic E-state index is 1.31. The highest BCUT2D eigenvalue weighted by molar-refractivity contribution is 4.81. The molecule has 185 valence electrons. The lowest BCUT2D eigenvalue weighted by atomic mass is 10.0. The maximum absolute atomic E-state index is 2.57. The normalized spacial score (nSPS) is 11.7. The summed E-state index contributed by atoms with van der Waals surface area (Å²) < 4.78 is 0. The van der Waals surface area contributed by atoms with E-state index in [1.807, 2.05) is 0 Å². The fraction of sp³-hybridized carbons (Fsp3) is 0.903. The average molecular weight is 434 g/mol. The minimum absolute atomic E-state index is 1.31. The summed E-state index contributed by atoms with van der Waals surface area (Å²) in [6, 6.07) is 0. The van der Waals surface area contributed by atoms with Crippen molar-refractivity contribution in [3.8, 4) is 0 Å². The van der Waals surface area contributed by atoms with Gasteiger partial charge in [0, 0.05) is 0 Å². The van der Waals surface area contributed by atoms with Crippen molar-refractivity contribution in [2.45, 2.75) is 181 Å². The van der Waals surface area contributed by atoms with Gasteiger partial charge in [0.15, 0.2) is 0 Å². The van der Waals surface area contributed by atoms with Gasteiger partial charge >= 0.3 is 0 Å². The van der Waals surface area contributed by atoms with Crippen molar-refractivity contribution in [1.29, 1.82) is 0 Å². The molecule has 0 saturated heterocycles. The van der Waals surface area contributed by atoms with Gasteiger partial charge in [-0.25, -0.2) is 0 Å². The molecule has 0 aromatic heterocycles. The molecule has 0 aliphatic rings. The molecule has 0 heteroatoms. The quantitative estimate of drug-likeness (QED) is 0.0892. The highest BCUT2D eigenvalue weighted by Gasteiger charge is 1.95. The van der Waals surface area contributed by atoms with E-state index in [1.165, 1.54) is 167 Å². The molecule has 0 nitrogen and oxygen atoms in total. The van der Waals surface area contributed by atoms with Gasteiger partial charge < -0.3 is 0 Å². The lowest BCUT2D eigenvalue weighted by Crippen LogP contribution is -1.84. The second-order valence-electron chi connectivity index (χ2n) is 9.99. The van der Waals surface area contributed by atoms with E-state index in [2.05, 4.69) is 32.4 Å². The minimum Gasteiger partial charge on any atom is -0.0885 e. The Balaban J connectivity index is 3.04. The van der Waals surface area contributed by atoms with Crippen molar-refractivity contribution in [1.82, 2.24) is 0 Å². The first kappa shape index (κ1) is 30.7. The molecule has 0 saturated carbocycles. The molecule has 0 aliphatic heterocycles. The van der Waals surface area contributed by atoms with Crippen molar-refractivity contribution < 1.29 is 0 Å². The van der Waals surface area contributed by atoms with Gasteiger partial charge in [0.1, 0.15) is 0 Å². The lowest BCUT2D eigenvalue weighted by Gasteiger charge is -2.03. The van der Waals surface area contributed by atoms with Crippen molar-refractivity contribution >= 4 is 0 Å². The van der Waals surface area contributed by atoms with Gasteiger partial charge in [-0.2, -0.15) is 0 Å². The molecule has 0 aromatic carbocycles. The molecule has 0 heterocycles. The number of hydrogen-bond acceptors (Lipinski definition) is 0. The summed E-state index contributed by atoms with van der Waals surface area (Å²) in [7, 11) is 0. The Morgan fingerprint density at radius 1 is 0.290 bits per heavy atom. The molecule has 0 spiro atoms. The van der Waals surface area contributed by atoms with Gasteiger partial charge in [0.2, 0.25) is 0 Å². The van der Waals surface area contributed by atoms with Gasteiger partial charge in [-0.15, -0.1) is 0 Å². The average Bonchev–Trinajstić information content (AvgIpc) is 2.78. The van der Waals surface area contributed by atoms with Gasteiger partial charge in [0.25, 0.3) is 0 Å². The smallest absolute Gasteiger partial charge is 0.0351 e. The van der Waals surface area contributed by atoms with Crippen LogP contribution >= 0.6 is 0 Å². The van der Waals surface area contributed by atoms with E-state index in [1.54, 1.807) is 0 Å². The highest BCUT2D eigenvalue weighted by Crippen LogP contribution is 2.14. The van der Waals surface area contributed by atoms with Crippen molar-refractivity contribution in [3.05, 3.63) is 18.6 Å². The summed E-state index contributed by atoms with van der Waals surface area (Å²) in [5.74, 6) is 0. The van der Waals surface area contributed by atoms with Crippen LogP contribution in [0.15, 0.2) is 12.2 Å². The zero-order chi connectivity index (χ0) is 22.5. The van der Waals surface area contributed by atoms with Gasteiger partial charge in [-0.3, -0.25) is 0 Å². The van der Waals surface area contributed by atoms with Crippen LogP contribution in [0.4, 0.5) is 0 Å². The van der Waals surface area contributed by atoms with Gasteiger partial charge in [-0.1, -0.05) is 167 Å².